The Morgan fingerprint density at radius 2 is 2.05 bits per heavy atom. The van der Waals surface area contributed by atoms with E-state index in [-0.39, 0.29) is 6.54 Å². The molecule has 22 heavy (non-hydrogen) atoms. The summed E-state index contributed by atoms with van der Waals surface area (Å²) < 4.78 is 0. The topological polar surface area (TPSA) is 43.8 Å². The van der Waals surface area contributed by atoms with E-state index in [1.165, 1.54) is 5.56 Å². The number of nitrogens with zero attached hydrogens (tertiary/aromatic N) is 2. The van der Waals surface area contributed by atoms with Crippen molar-refractivity contribution in [1.29, 1.82) is 0 Å². The summed E-state index contributed by atoms with van der Waals surface area (Å²) in [5.41, 5.74) is 1.31. The smallest absolute Gasteiger partial charge is 0.317 e. The Kier molecular flexibility index (Phi) is 6.68. The van der Waals surface area contributed by atoms with Crippen LogP contribution in [0.2, 0.25) is 5.02 Å². The van der Waals surface area contributed by atoms with Gasteiger partial charge in [0.15, 0.2) is 0 Å². The number of benzene rings is 1. The molecule has 0 bridgehead atoms. The van der Waals surface area contributed by atoms with Crippen LogP contribution in [0.25, 0.3) is 0 Å². The fourth-order valence-electron chi connectivity index (χ4n) is 3.08. The van der Waals surface area contributed by atoms with Gasteiger partial charge < -0.3 is 10.0 Å². The van der Waals surface area contributed by atoms with E-state index in [2.05, 4.69) is 17.0 Å². The third-order valence-corrected chi connectivity index (χ3v) is 4.68. The predicted molar refractivity (Wildman–Crippen MR) is 89.5 cm³/mol. The number of rotatable bonds is 6. The minimum absolute atomic E-state index is 0.134. The number of hydrogen-bond acceptors (Lipinski definition) is 3. The third kappa shape index (κ3) is 5.59. The molecule has 4 nitrogen and oxygen atoms in total. The SMILES string of the molecule is CN(CC(=O)O)C1CCCN(CCc2ccc(Cl)cc2)CC1. The summed E-state index contributed by atoms with van der Waals surface area (Å²) in [5, 5.41) is 9.69. The van der Waals surface area contributed by atoms with Crippen molar-refractivity contribution in [3.8, 4) is 0 Å². The molecular weight excluding hydrogens is 300 g/mol. The molecule has 1 aromatic carbocycles. The molecule has 1 aromatic rings. The minimum Gasteiger partial charge on any atom is -0.480 e. The van der Waals surface area contributed by atoms with Crippen molar-refractivity contribution in [2.75, 3.05) is 33.2 Å². The largest absolute Gasteiger partial charge is 0.480 e. The quantitative estimate of drug-likeness (QED) is 0.874. The molecule has 2 rings (SSSR count). The molecule has 1 aliphatic rings. The first-order valence-electron chi connectivity index (χ1n) is 7.93. The van der Waals surface area contributed by atoms with E-state index < -0.39 is 5.97 Å². The van der Waals surface area contributed by atoms with Crippen LogP contribution in [0.3, 0.4) is 0 Å². The van der Waals surface area contributed by atoms with Crippen molar-refractivity contribution < 1.29 is 9.90 Å². The number of carbonyl (C=O) groups is 1. The van der Waals surface area contributed by atoms with E-state index in [1.54, 1.807) is 0 Å². The fraction of sp³-hybridized carbons (Fsp3) is 0.588. The molecule has 1 saturated heterocycles. The van der Waals surface area contributed by atoms with E-state index >= 15 is 0 Å². The number of hydrogen-bond donors (Lipinski definition) is 1. The Balaban J connectivity index is 1.77. The zero-order chi connectivity index (χ0) is 15.9. The molecule has 0 radical (unpaired) electrons. The van der Waals surface area contributed by atoms with Gasteiger partial charge >= 0.3 is 5.97 Å². The highest BCUT2D eigenvalue weighted by Gasteiger charge is 2.21. The van der Waals surface area contributed by atoms with Gasteiger partial charge in [0.1, 0.15) is 0 Å². The van der Waals surface area contributed by atoms with Crippen molar-refractivity contribution in [3.63, 3.8) is 0 Å². The lowest BCUT2D eigenvalue weighted by molar-refractivity contribution is -0.138. The van der Waals surface area contributed by atoms with Crippen molar-refractivity contribution in [3.05, 3.63) is 34.9 Å². The first kappa shape index (κ1) is 17.3. The summed E-state index contributed by atoms with van der Waals surface area (Å²) >= 11 is 5.91. The van der Waals surface area contributed by atoms with Crippen LogP contribution in [0, 0.1) is 0 Å². The second-order valence-electron chi connectivity index (χ2n) is 6.11. The number of aliphatic carboxylic acids is 1. The number of carboxylic acid groups (broad SMARTS) is 1. The first-order chi connectivity index (χ1) is 10.5. The number of likely N-dealkylation sites (tertiary alicyclic amines) is 1. The number of halogens is 1. The first-order valence-corrected chi connectivity index (χ1v) is 8.31. The number of carboxylic acids is 1. The highest BCUT2D eigenvalue weighted by Crippen LogP contribution is 2.16. The van der Waals surface area contributed by atoms with Gasteiger partial charge in [-0.3, -0.25) is 9.69 Å². The van der Waals surface area contributed by atoms with Crippen molar-refractivity contribution in [2.24, 2.45) is 0 Å². The molecular formula is C17H25ClN2O2. The molecule has 1 atom stereocenters. The maximum absolute atomic E-state index is 10.8. The van der Waals surface area contributed by atoms with E-state index in [0.29, 0.717) is 6.04 Å². The molecule has 1 heterocycles. The second kappa shape index (κ2) is 8.51. The van der Waals surface area contributed by atoms with Crippen LogP contribution in [-0.2, 0) is 11.2 Å². The Bertz CT molecular complexity index is 478. The lowest BCUT2D eigenvalue weighted by Crippen LogP contribution is -2.36. The minimum atomic E-state index is -0.744. The van der Waals surface area contributed by atoms with Crippen molar-refractivity contribution >= 4 is 17.6 Å². The monoisotopic (exact) mass is 324 g/mol. The summed E-state index contributed by atoms with van der Waals surface area (Å²) in [5.74, 6) is -0.744. The molecule has 1 unspecified atom stereocenters. The summed E-state index contributed by atoms with van der Waals surface area (Å²) in [7, 11) is 1.92. The van der Waals surface area contributed by atoms with Crippen LogP contribution in [-0.4, -0.2) is 60.1 Å². The fourth-order valence-corrected chi connectivity index (χ4v) is 3.21. The third-order valence-electron chi connectivity index (χ3n) is 4.43. The van der Waals surface area contributed by atoms with Gasteiger partial charge in [-0.2, -0.15) is 0 Å². The standard InChI is InChI=1S/C17H25ClN2O2/c1-19(13-17(21)22)16-3-2-10-20(12-9-16)11-8-14-4-6-15(18)7-5-14/h4-7,16H,2-3,8-13H2,1H3,(H,21,22). The summed E-state index contributed by atoms with van der Waals surface area (Å²) in [6.07, 6.45) is 4.30. The van der Waals surface area contributed by atoms with Crippen molar-refractivity contribution in [2.45, 2.75) is 31.7 Å². The van der Waals surface area contributed by atoms with E-state index in [0.717, 1.165) is 50.3 Å². The van der Waals surface area contributed by atoms with Gasteiger partial charge in [-0.25, -0.2) is 0 Å². The highest BCUT2D eigenvalue weighted by molar-refractivity contribution is 6.30. The Labute approximate surface area is 137 Å². The van der Waals surface area contributed by atoms with Crippen LogP contribution < -0.4 is 0 Å². The maximum atomic E-state index is 10.8. The molecule has 0 aromatic heterocycles. The van der Waals surface area contributed by atoms with Gasteiger partial charge in [0, 0.05) is 17.6 Å². The average molecular weight is 325 g/mol. The summed E-state index contributed by atoms with van der Waals surface area (Å²) in [6, 6.07) is 8.44. The predicted octanol–water partition coefficient (Wildman–Crippen LogP) is 2.75. The van der Waals surface area contributed by atoms with Crippen LogP contribution >= 0.6 is 11.6 Å². The second-order valence-corrected chi connectivity index (χ2v) is 6.55. The molecule has 1 aliphatic heterocycles. The van der Waals surface area contributed by atoms with Gasteiger partial charge in [0.25, 0.3) is 0 Å². The molecule has 0 amide bonds. The van der Waals surface area contributed by atoms with Gasteiger partial charge in [-0.05, 0) is 63.5 Å². The molecule has 0 aliphatic carbocycles. The van der Waals surface area contributed by atoms with E-state index in [9.17, 15) is 4.79 Å². The molecule has 5 heteroatoms. The van der Waals surface area contributed by atoms with E-state index in [4.69, 9.17) is 16.7 Å². The molecule has 0 spiro atoms. The normalized spacial score (nSPS) is 20.0. The summed E-state index contributed by atoms with van der Waals surface area (Å²) in [4.78, 5) is 15.3. The van der Waals surface area contributed by atoms with Crippen molar-refractivity contribution in [1.82, 2.24) is 9.80 Å². The Morgan fingerprint density at radius 1 is 1.32 bits per heavy atom. The van der Waals surface area contributed by atoms with Crippen LogP contribution in [0.15, 0.2) is 24.3 Å². The van der Waals surface area contributed by atoms with Crippen LogP contribution in [0.1, 0.15) is 24.8 Å². The lowest BCUT2D eigenvalue weighted by Gasteiger charge is -2.25. The zero-order valence-electron chi connectivity index (χ0n) is 13.2. The summed E-state index contributed by atoms with van der Waals surface area (Å²) in [6.45, 7) is 3.33. The van der Waals surface area contributed by atoms with Crippen LogP contribution in [0.4, 0.5) is 0 Å². The van der Waals surface area contributed by atoms with Gasteiger partial charge in [0.2, 0.25) is 0 Å². The maximum Gasteiger partial charge on any atom is 0.317 e. The molecule has 0 saturated carbocycles. The number of likely N-dealkylation sites (N-methyl/N-ethyl adjacent to an activating group) is 1. The Morgan fingerprint density at radius 3 is 2.73 bits per heavy atom. The molecule has 1 N–H and O–H groups in total. The zero-order valence-corrected chi connectivity index (χ0v) is 13.9. The van der Waals surface area contributed by atoms with Crippen LogP contribution in [0.5, 0.6) is 0 Å². The lowest BCUT2D eigenvalue weighted by atomic mass is 10.1. The van der Waals surface area contributed by atoms with Gasteiger partial charge in [0.05, 0.1) is 6.54 Å². The highest BCUT2D eigenvalue weighted by atomic mass is 35.5. The van der Waals surface area contributed by atoms with Gasteiger partial charge in [-0.1, -0.05) is 23.7 Å². The van der Waals surface area contributed by atoms with E-state index in [1.807, 2.05) is 24.1 Å². The molecule has 122 valence electrons. The molecule has 1 fully saturated rings. The van der Waals surface area contributed by atoms with Gasteiger partial charge in [-0.15, -0.1) is 0 Å². The Hall–Kier alpha value is -1.10. The average Bonchev–Trinajstić information content (AvgIpc) is 2.71.